The summed E-state index contributed by atoms with van der Waals surface area (Å²) in [6.45, 7) is -13.4. The quantitative estimate of drug-likeness (QED) is 0.0168. The average molecular weight is 1900 g/mol. The first kappa shape index (κ1) is 99.4. The van der Waals surface area contributed by atoms with E-state index in [1.807, 2.05) is 0 Å². The Morgan fingerprint density at radius 1 is 0.343 bits per heavy atom. The maximum absolute atomic E-state index is 14.6. The molecule has 12 amide bonds. The molecule has 11 rings (SSSR count). The monoisotopic (exact) mass is 1900 g/mol. The first-order valence-electron chi connectivity index (χ1n) is 41.4. The number of rotatable bonds is 49. The maximum atomic E-state index is 14.6. The minimum atomic E-state index is -1.42. The van der Waals surface area contributed by atoms with Crippen LogP contribution in [0.25, 0.3) is 44.7 Å². The molecule has 11 aromatic rings. The molecule has 11 heterocycles. The predicted molar refractivity (Wildman–Crippen MR) is 475 cm³/mol. The van der Waals surface area contributed by atoms with Gasteiger partial charge in [-0.05, 0) is 24.6 Å². The van der Waals surface area contributed by atoms with E-state index in [4.69, 9.17) is 45.9 Å². The van der Waals surface area contributed by atoms with Crippen molar-refractivity contribution in [1.29, 1.82) is 0 Å². The second-order valence-corrected chi connectivity index (χ2v) is 30.2. The van der Waals surface area contributed by atoms with Gasteiger partial charge in [-0.15, -0.1) is 0 Å². The zero-order valence-corrected chi connectivity index (χ0v) is 72.8. The number of fused-ring (bicyclic) bond motifs is 4. The lowest BCUT2D eigenvalue weighted by Gasteiger charge is -2.25. The van der Waals surface area contributed by atoms with E-state index in [2.05, 4.69) is 107 Å². The lowest BCUT2D eigenvalue weighted by Crippen LogP contribution is -2.49. The van der Waals surface area contributed by atoms with E-state index in [9.17, 15) is 96.2 Å². The number of H-pyrrole nitrogens is 2. The molecular weight excluding hydrogens is 1810 g/mol. The van der Waals surface area contributed by atoms with Crippen LogP contribution in [0, 0.1) is 5.92 Å². The fourth-order valence-electron chi connectivity index (χ4n) is 13.6. The molecule has 62 heteroatoms. The molecule has 0 saturated carbocycles. The van der Waals surface area contributed by atoms with E-state index < -0.39 is 254 Å². The van der Waals surface area contributed by atoms with Crippen molar-refractivity contribution in [3.05, 3.63) is 127 Å². The molecular formula is C75H94N42O20. The number of carbonyl (C=O) groups is 14. The Bertz CT molecular complexity index is 6730. The molecule has 0 saturated heterocycles. The maximum Gasteiger partial charge on any atom is 0.349 e. The molecule has 0 aromatic carbocycles. The summed E-state index contributed by atoms with van der Waals surface area (Å²) in [5.41, 5.74) is 42.1. The number of carboxylic acids is 1. The fourth-order valence-corrected chi connectivity index (χ4v) is 13.6. The highest BCUT2D eigenvalue weighted by Gasteiger charge is 2.30. The van der Waals surface area contributed by atoms with Gasteiger partial charge >= 0.3 is 23.0 Å². The number of aromatic nitrogens is 22. The standard InChI is InChI=1S/C75H94N42O20/c76-5-15-105(52(125)28-111-12-2-43(77)98-73(111)135)23-48(121)86-9-19-109(56(129)32-116-39-96-61-67(116)101-71(82)103-69(61)133)27-50(123)87-8-17-107(54(127)30-113-14-4-45(79)100-75(113)137)24-47(120)84-6-1-41(42(118)22-114-37-94-59-63(80)90-35-92-65(59)114)21-46(119)85-7-16-106(53(126)29-112-13-3-44(78)99-74(112)136)25-49(122)88-10-18-108(55(128)31-115-38-95-60-64(81)91-36-93-66(60)115)26-51(124)89-11-20-110(34-58(131)132)57(130)33-117-40-97-62-68(117)102-72(83)104-70(62)134/h2-4,12-14,35-41H,1,5-11,15-34,76H2,(H,84,120)(H,85,119)(H,86,121)(H,87,123)(H,88,122)(H,89,124)(H,131,132)(H2,77,98,135)(H2,78,99,136)(H2,79,100,137)(H2,80,90,92)(H2,81,91,93)(H3,82,101,103,133)(H3,83,102,104,134). The number of hydrogen-bond acceptors (Lipinski definition) is 40. The molecule has 724 valence electrons. The van der Waals surface area contributed by atoms with Gasteiger partial charge in [-0.2, -0.15) is 24.9 Å². The molecule has 0 fully saturated rings. The van der Waals surface area contributed by atoms with Gasteiger partial charge in [0.25, 0.3) is 11.1 Å². The summed E-state index contributed by atoms with van der Waals surface area (Å²) >= 11 is 0. The molecule has 137 heavy (non-hydrogen) atoms. The number of aromatic amines is 2. The summed E-state index contributed by atoms with van der Waals surface area (Å²) in [6.07, 6.45) is 9.63. The summed E-state index contributed by atoms with van der Waals surface area (Å²) in [7, 11) is 0. The number of aliphatic carboxylic acids is 1. The van der Waals surface area contributed by atoms with Crippen molar-refractivity contribution >= 4 is 168 Å². The highest BCUT2D eigenvalue weighted by molar-refractivity contribution is 5.92. The summed E-state index contributed by atoms with van der Waals surface area (Å²) in [5.74, 6) is -14.3. The summed E-state index contributed by atoms with van der Waals surface area (Å²) < 4.78 is 7.69. The van der Waals surface area contributed by atoms with Crippen molar-refractivity contribution in [2.24, 2.45) is 11.7 Å². The fraction of sp³-hybridized carbons (Fsp3) is 0.387. The number of anilines is 7. The van der Waals surface area contributed by atoms with Gasteiger partial charge < -0.3 is 131 Å². The van der Waals surface area contributed by atoms with Crippen molar-refractivity contribution in [1.82, 2.24) is 168 Å². The van der Waals surface area contributed by atoms with Crippen LogP contribution >= 0.6 is 0 Å². The van der Waals surface area contributed by atoms with E-state index in [0.717, 1.165) is 80.8 Å². The van der Waals surface area contributed by atoms with Gasteiger partial charge in [0, 0.05) is 116 Å². The Labute approximate surface area is 767 Å². The molecule has 0 aliphatic heterocycles. The number of carboxylic acid groups (broad SMARTS) is 1. The topological polar surface area (TPSA) is 878 Å². The van der Waals surface area contributed by atoms with Crippen LogP contribution in [0.4, 0.5) is 41.0 Å². The van der Waals surface area contributed by atoms with Crippen LogP contribution in [0.5, 0.6) is 0 Å². The second-order valence-electron chi connectivity index (χ2n) is 30.2. The minimum Gasteiger partial charge on any atom is -0.480 e. The summed E-state index contributed by atoms with van der Waals surface area (Å²) in [4.78, 5) is 319. The number of nitrogen functional groups attached to an aromatic ring is 7. The van der Waals surface area contributed by atoms with Gasteiger partial charge in [0.05, 0.1) is 64.6 Å². The van der Waals surface area contributed by atoms with Gasteiger partial charge in [-0.25, -0.2) is 54.3 Å². The third kappa shape index (κ3) is 27.5. The molecule has 11 aromatic heterocycles. The lowest BCUT2D eigenvalue weighted by molar-refractivity contribution is -0.144. The first-order valence-corrected chi connectivity index (χ1v) is 41.4. The molecule has 0 spiro atoms. The number of nitrogens with one attached hydrogen (secondary N) is 8. The number of carbonyl (C=O) groups excluding carboxylic acids is 13. The number of Topliss-reactive ketones (excluding diaryl/α,β-unsaturated/α-hetero) is 1. The van der Waals surface area contributed by atoms with E-state index >= 15 is 0 Å². The van der Waals surface area contributed by atoms with Crippen LogP contribution in [-0.2, 0) is 113 Å². The molecule has 0 aliphatic rings. The highest BCUT2D eigenvalue weighted by Crippen LogP contribution is 2.20. The summed E-state index contributed by atoms with van der Waals surface area (Å²) in [6, 6.07) is 3.73. The number of nitrogens with zero attached hydrogens (tertiary/aromatic N) is 26. The number of amides is 12. The Balaban J connectivity index is 0.739. The van der Waals surface area contributed by atoms with Crippen molar-refractivity contribution < 1.29 is 72.2 Å². The van der Waals surface area contributed by atoms with Crippen molar-refractivity contribution in [3.63, 3.8) is 0 Å². The van der Waals surface area contributed by atoms with Crippen LogP contribution < -0.4 is 106 Å². The first-order chi connectivity index (χ1) is 65.4. The molecule has 0 aliphatic carbocycles. The van der Waals surface area contributed by atoms with E-state index in [-0.39, 0.29) is 131 Å². The number of imidazole rings is 4. The largest absolute Gasteiger partial charge is 0.480 e. The van der Waals surface area contributed by atoms with Gasteiger partial charge in [0.2, 0.25) is 82.8 Å². The third-order valence-corrected chi connectivity index (χ3v) is 20.4. The Hall–Kier alpha value is -18.2. The SMILES string of the molecule is NCCN(CC(=O)NCCN(CC(=O)NCCN(CC(=O)NCCC(CC(=O)NCCN(CC(=O)NCCN(CC(=O)NCCN(CC(=O)O)C(=O)Cn1cnc2c(=O)[nH]c(N)nc21)C(=O)Cn1cnc2c(N)ncnc21)C(=O)Cn1ccc(N)nc1=O)C(=O)Cn1cnc2c(N)ncnc21)C(=O)Cn1ccc(N)nc1=O)C(=O)Cn1cnc2c(=O)[nH]c(N)nc21)C(=O)Cn1ccc(N)nc1=O. The highest BCUT2D eigenvalue weighted by atomic mass is 16.4. The zero-order valence-electron chi connectivity index (χ0n) is 72.8. The molecule has 25 N–H and O–H groups in total. The van der Waals surface area contributed by atoms with Gasteiger partial charge in [0.1, 0.15) is 87.0 Å². The number of nitrogens with two attached hydrogens (primary N) is 8. The Morgan fingerprint density at radius 2 is 0.635 bits per heavy atom. The average Bonchev–Trinajstić information content (AvgIpc) is 1.78. The molecule has 62 nitrogen and oxygen atoms in total. The Morgan fingerprint density at radius 3 is 0.964 bits per heavy atom. The second kappa shape index (κ2) is 46.0. The Kier molecular flexibility index (Phi) is 33.4. The normalized spacial score (nSPS) is 11.4. The number of ketones is 1. The predicted octanol–water partition coefficient (Wildman–Crippen LogP) is -13.5. The van der Waals surface area contributed by atoms with Crippen LogP contribution in [0.3, 0.4) is 0 Å². The lowest BCUT2D eigenvalue weighted by atomic mass is 9.95. The van der Waals surface area contributed by atoms with Crippen LogP contribution in [-0.4, -0.2) is 348 Å². The van der Waals surface area contributed by atoms with E-state index in [1.54, 1.807) is 0 Å². The molecule has 0 bridgehead atoms. The summed E-state index contributed by atoms with van der Waals surface area (Å²) in [5, 5.41) is 25.2. The number of hydrogen-bond donors (Lipinski definition) is 17. The van der Waals surface area contributed by atoms with Crippen molar-refractivity contribution in [2.45, 2.75) is 58.7 Å². The van der Waals surface area contributed by atoms with Crippen LogP contribution in [0.1, 0.15) is 12.8 Å². The van der Waals surface area contributed by atoms with Crippen molar-refractivity contribution in [3.8, 4) is 0 Å². The van der Waals surface area contributed by atoms with Crippen LogP contribution in [0.15, 0.2) is 98.7 Å². The van der Waals surface area contributed by atoms with E-state index in [0.29, 0.717) is 0 Å². The van der Waals surface area contributed by atoms with E-state index in [1.165, 1.54) is 55.3 Å². The smallest absolute Gasteiger partial charge is 0.349 e. The third-order valence-electron chi connectivity index (χ3n) is 20.4. The van der Waals surface area contributed by atoms with Crippen molar-refractivity contribution in [2.75, 3.05) is 164 Å². The van der Waals surface area contributed by atoms with Crippen LogP contribution in [0.2, 0.25) is 0 Å². The minimum absolute atomic E-state index is 0.0173. The molecule has 1 unspecified atom stereocenters. The van der Waals surface area contributed by atoms with Gasteiger partial charge in [0.15, 0.2) is 51.0 Å². The van der Waals surface area contributed by atoms with Gasteiger partial charge in [-0.3, -0.25) is 100 Å². The van der Waals surface area contributed by atoms with Gasteiger partial charge in [-0.1, -0.05) is 0 Å². The molecule has 1 atom stereocenters. The molecule has 0 radical (unpaired) electrons. The zero-order chi connectivity index (χ0) is 98.8.